The number of hydrogen-bond donors (Lipinski definition) is 0. The Hall–Kier alpha value is -0.780. The second-order valence-corrected chi connectivity index (χ2v) is 7.84. The lowest BCUT2D eigenvalue weighted by Crippen LogP contribution is -2.12. The maximum Gasteiger partial charge on any atom is -0.0132 e. The third kappa shape index (κ3) is 2.73. The van der Waals surface area contributed by atoms with Gasteiger partial charge in [-0.25, -0.2) is 0 Å². The largest absolute Gasteiger partial charge is 0.0585 e. The Labute approximate surface area is 118 Å². The van der Waals surface area contributed by atoms with Crippen molar-refractivity contribution < 1.29 is 0 Å². The number of benzene rings is 1. The molecule has 2 atom stereocenters. The predicted octanol–water partition coefficient (Wildman–Crippen LogP) is 5.67. The van der Waals surface area contributed by atoms with Gasteiger partial charge in [-0.15, -0.1) is 0 Å². The molecule has 2 aliphatic rings. The van der Waals surface area contributed by atoms with Crippen LogP contribution in [0.2, 0.25) is 0 Å². The van der Waals surface area contributed by atoms with Gasteiger partial charge in [0.2, 0.25) is 0 Å². The number of rotatable bonds is 1. The van der Waals surface area contributed by atoms with Crippen LogP contribution in [-0.4, -0.2) is 0 Å². The summed E-state index contributed by atoms with van der Waals surface area (Å²) in [5.74, 6) is 2.93. The van der Waals surface area contributed by atoms with Gasteiger partial charge in [0.15, 0.2) is 0 Å². The van der Waals surface area contributed by atoms with Crippen molar-refractivity contribution in [3.8, 4) is 0 Å². The van der Waals surface area contributed by atoms with E-state index < -0.39 is 0 Å². The molecule has 0 radical (unpaired) electrons. The summed E-state index contributed by atoms with van der Waals surface area (Å²) in [4.78, 5) is 0. The van der Waals surface area contributed by atoms with Crippen LogP contribution in [-0.2, 0) is 5.41 Å². The molecule has 2 aliphatic carbocycles. The van der Waals surface area contributed by atoms with E-state index in [4.69, 9.17) is 0 Å². The molecule has 104 valence electrons. The normalized spacial score (nSPS) is 31.2. The zero-order chi connectivity index (χ0) is 13.5. The van der Waals surface area contributed by atoms with Crippen molar-refractivity contribution in [1.29, 1.82) is 0 Å². The monoisotopic (exact) mass is 256 g/mol. The molecule has 0 heterocycles. The highest BCUT2D eigenvalue weighted by molar-refractivity contribution is 5.30. The molecular weight excluding hydrogens is 228 g/mol. The van der Waals surface area contributed by atoms with Crippen molar-refractivity contribution in [3.63, 3.8) is 0 Å². The smallest absolute Gasteiger partial charge is 0.0132 e. The van der Waals surface area contributed by atoms with Gasteiger partial charge < -0.3 is 0 Å². The van der Waals surface area contributed by atoms with E-state index in [9.17, 15) is 0 Å². The molecule has 1 aromatic rings. The molecule has 0 bridgehead atoms. The van der Waals surface area contributed by atoms with Crippen LogP contribution in [0.4, 0.5) is 0 Å². The Balaban J connectivity index is 1.73. The molecule has 19 heavy (non-hydrogen) atoms. The minimum atomic E-state index is 0.280. The molecule has 3 rings (SSSR count). The molecule has 2 saturated carbocycles. The summed E-state index contributed by atoms with van der Waals surface area (Å²) in [6, 6.07) is 9.53. The van der Waals surface area contributed by atoms with Crippen LogP contribution >= 0.6 is 0 Å². The van der Waals surface area contributed by atoms with E-state index in [2.05, 4.69) is 45.0 Å². The maximum atomic E-state index is 2.41. The predicted molar refractivity (Wildman–Crippen MR) is 82.6 cm³/mol. The summed E-state index contributed by atoms with van der Waals surface area (Å²) in [6.07, 6.45) is 8.88. The van der Waals surface area contributed by atoms with Crippen LogP contribution in [0.25, 0.3) is 0 Å². The summed E-state index contributed by atoms with van der Waals surface area (Å²) in [5, 5.41) is 0. The molecule has 2 unspecified atom stereocenters. The van der Waals surface area contributed by atoms with Gasteiger partial charge in [-0.05, 0) is 47.1 Å². The Morgan fingerprint density at radius 3 is 1.84 bits per heavy atom. The molecule has 2 fully saturated rings. The van der Waals surface area contributed by atoms with Crippen molar-refractivity contribution >= 4 is 0 Å². The molecule has 0 saturated heterocycles. The molecule has 0 nitrogen and oxygen atoms in total. The first-order valence-electron chi connectivity index (χ1n) is 8.14. The Bertz CT molecular complexity index is 406. The second-order valence-electron chi connectivity index (χ2n) is 7.84. The van der Waals surface area contributed by atoms with Gasteiger partial charge in [0, 0.05) is 0 Å². The van der Waals surface area contributed by atoms with Gasteiger partial charge in [-0.3, -0.25) is 0 Å². The highest BCUT2D eigenvalue weighted by atomic mass is 14.4. The van der Waals surface area contributed by atoms with Crippen LogP contribution in [0.5, 0.6) is 0 Å². The average molecular weight is 256 g/mol. The van der Waals surface area contributed by atoms with E-state index in [1.54, 1.807) is 5.56 Å². The van der Waals surface area contributed by atoms with Crippen molar-refractivity contribution in [3.05, 3.63) is 35.4 Å². The van der Waals surface area contributed by atoms with Gasteiger partial charge in [0.25, 0.3) is 0 Å². The zero-order valence-corrected chi connectivity index (χ0v) is 12.8. The van der Waals surface area contributed by atoms with Gasteiger partial charge in [0.05, 0.1) is 0 Å². The zero-order valence-electron chi connectivity index (χ0n) is 12.8. The standard InChI is InChI=1S/C19H28/c1-19(2,3)18-10-8-14(9-11-18)17-12-15-6-4-5-7-16(15)13-17/h8-11,15-17H,4-7,12-13H2,1-3H3. The summed E-state index contributed by atoms with van der Waals surface area (Å²) in [6.45, 7) is 6.89. The fraction of sp³-hybridized carbons (Fsp3) is 0.684. The van der Waals surface area contributed by atoms with Crippen LogP contribution in [0.3, 0.4) is 0 Å². The fourth-order valence-electron chi connectivity index (χ4n) is 4.26. The lowest BCUT2D eigenvalue weighted by Gasteiger charge is -2.24. The SMILES string of the molecule is CC(C)(C)c1ccc(C2CC3CCCCC3C2)cc1. The lowest BCUT2D eigenvalue weighted by molar-refractivity contribution is 0.277. The summed E-state index contributed by atoms with van der Waals surface area (Å²) in [7, 11) is 0. The molecule has 0 amide bonds. The van der Waals surface area contributed by atoms with Crippen LogP contribution in [0, 0.1) is 11.8 Å². The van der Waals surface area contributed by atoms with Crippen molar-refractivity contribution in [2.75, 3.05) is 0 Å². The maximum absolute atomic E-state index is 2.41. The molecule has 0 aromatic heterocycles. The minimum absolute atomic E-state index is 0.280. The molecule has 1 aromatic carbocycles. The highest BCUT2D eigenvalue weighted by Crippen LogP contribution is 2.49. The third-order valence-electron chi connectivity index (χ3n) is 5.49. The first kappa shape index (κ1) is 13.2. The van der Waals surface area contributed by atoms with Crippen LogP contribution in [0.1, 0.15) is 76.3 Å². The number of fused-ring (bicyclic) bond motifs is 1. The Morgan fingerprint density at radius 1 is 0.842 bits per heavy atom. The minimum Gasteiger partial charge on any atom is -0.0585 e. The van der Waals surface area contributed by atoms with Crippen molar-refractivity contribution in [2.45, 2.75) is 70.6 Å². The molecule has 0 N–H and O–H groups in total. The second kappa shape index (κ2) is 4.96. The van der Waals surface area contributed by atoms with E-state index in [1.165, 1.54) is 44.1 Å². The number of hydrogen-bond acceptors (Lipinski definition) is 0. The third-order valence-corrected chi connectivity index (χ3v) is 5.49. The van der Waals surface area contributed by atoms with E-state index in [1.807, 2.05) is 0 Å². The quantitative estimate of drug-likeness (QED) is 0.607. The van der Waals surface area contributed by atoms with Crippen LogP contribution in [0.15, 0.2) is 24.3 Å². The van der Waals surface area contributed by atoms with Crippen molar-refractivity contribution in [2.24, 2.45) is 11.8 Å². The van der Waals surface area contributed by atoms with E-state index in [0.717, 1.165) is 17.8 Å². The fourth-order valence-corrected chi connectivity index (χ4v) is 4.26. The Kier molecular flexibility index (Phi) is 3.45. The van der Waals surface area contributed by atoms with Crippen LogP contribution < -0.4 is 0 Å². The molecule has 0 heteroatoms. The summed E-state index contributed by atoms with van der Waals surface area (Å²) in [5.41, 5.74) is 3.34. The van der Waals surface area contributed by atoms with Crippen molar-refractivity contribution in [1.82, 2.24) is 0 Å². The highest BCUT2D eigenvalue weighted by Gasteiger charge is 2.36. The van der Waals surface area contributed by atoms with E-state index in [-0.39, 0.29) is 5.41 Å². The first-order valence-corrected chi connectivity index (χ1v) is 8.14. The lowest BCUT2D eigenvalue weighted by atomic mass is 9.82. The molecule has 0 spiro atoms. The van der Waals surface area contributed by atoms with Gasteiger partial charge in [-0.2, -0.15) is 0 Å². The van der Waals surface area contributed by atoms with Gasteiger partial charge in [-0.1, -0.05) is 70.7 Å². The first-order chi connectivity index (χ1) is 9.04. The topological polar surface area (TPSA) is 0 Å². The summed E-state index contributed by atoms with van der Waals surface area (Å²) < 4.78 is 0. The van der Waals surface area contributed by atoms with Gasteiger partial charge >= 0.3 is 0 Å². The van der Waals surface area contributed by atoms with E-state index in [0.29, 0.717) is 0 Å². The van der Waals surface area contributed by atoms with E-state index >= 15 is 0 Å². The summed E-state index contributed by atoms with van der Waals surface area (Å²) >= 11 is 0. The molecule has 0 aliphatic heterocycles. The Morgan fingerprint density at radius 2 is 1.37 bits per heavy atom. The molecular formula is C19H28. The van der Waals surface area contributed by atoms with Gasteiger partial charge in [0.1, 0.15) is 0 Å². The average Bonchev–Trinajstić information content (AvgIpc) is 2.81.